The number of hydrogen-bond donors (Lipinski definition) is 0. The smallest absolute Gasteiger partial charge is 0.248 e. The first-order valence-corrected chi connectivity index (χ1v) is 9.08. The Kier molecular flexibility index (Phi) is 4.39. The molecule has 2 aromatic rings. The van der Waals surface area contributed by atoms with Gasteiger partial charge in [0.1, 0.15) is 0 Å². The largest absolute Gasteiger partial charge is 0.294 e. The van der Waals surface area contributed by atoms with Crippen molar-refractivity contribution in [3.8, 4) is 0 Å². The zero-order valence-electron chi connectivity index (χ0n) is 14.1. The lowest BCUT2D eigenvalue weighted by Gasteiger charge is -2.29. The molecule has 1 aromatic carbocycles. The Balaban J connectivity index is 1.61. The fourth-order valence-corrected chi connectivity index (χ4v) is 3.87. The predicted molar refractivity (Wildman–Crippen MR) is 95.9 cm³/mol. The van der Waals surface area contributed by atoms with E-state index in [-0.39, 0.29) is 31.1 Å². The van der Waals surface area contributed by atoms with E-state index in [0.717, 1.165) is 11.3 Å². The molecular formula is C19H18ClF2N3O. The number of carbonyl (C=O) groups excluding carboxylic acids is 1. The Hall–Kier alpha value is -2.08. The van der Waals surface area contributed by atoms with Gasteiger partial charge in [0, 0.05) is 30.0 Å². The summed E-state index contributed by atoms with van der Waals surface area (Å²) in [6.07, 6.45) is 2.67. The fourth-order valence-electron chi connectivity index (χ4n) is 3.66. The first-order chi connectivity index (χ1) is 12.4. The molecule has 1 aromatic heterocycles. The molecule has 0 saturated heterocycles. The molecule has 0 atom stereocenters. The Morgan fingerprint density at radius 1 is 1.27 bits per heavy atom. The third-order valence-corrected chi connectivity index (χ3v) is 5.26. The van der Waals surface area contributed by atoms with Crippen molar-refractivity contribution in [2.75, 3.05) is 0 Å². The van der Waals surface area contributed by atoms with Crippen molar-refractivity contribution in [3.05, 3.63) is 46.6 Å². The molecule has 0 bridgehead atoms. The van der Waals surface area contributed by atoms with E-state index in [1.807, 2.05) is 18.2 Å². The van der Waals surface area contributed by atoms with E-state index in [1.165, 1.54) is 6.20 Å². The summed E-state index contributed by atoms with van der Waals surface area (Å²) in [4.78, 5) is 17.1. The number of aromatic nitrogens is 2. The highest BCUT2D eigenvalue weighted by atomic mass is 35.5. The Morgan fingerprint density at radius 3 is 2.77 bits per heavy atom. The number of fused-ring (bicyclic) bond motifs is 1. The second-order valence-corrected chi connectivity index (χ2v) is 7.43. The summed E-state index contributed by atoms with van der Waals surface area (Å²) in [5.41, 5.74) is 2.21. The van der Waals surface area contributed by atoms with E-state index in [1.54, 1.807) is 10.7 Å². The maximum absolute atomic E-state index is 13.4. The van der Waals surface area contributed by atoms with Crippen LogP contribution >= 0.6 is 11.6 Å². The van der Waals surface area contributed by atoms with Crippen LogP contribution in [0.25, 0.3) is 0 Å². The van der Waals surface area contributed by atoms with Gasteiger partial charge in [-0.1, -0.05) is 23.7 Å². The van der Waals surface area contributed by atoms with Crippen LogP contribution in [0.4, 0.5) is 14.6 Å². The van der Waals surface area contributed by atoms with E-state index in [0.29, 0.717) is 35.7 Å². The molecule has 4 rings (SSSR count). The zero-order chi connectivity index (χ0) is 18.3. The first kappa shape index (κ1) is 17.3. The van der Waals surface area contributed by atoms with Gasteiger partial charge in [-0.25, -0.2) is 18.5 Å². The minimum atomic E-state index is -2.60. The van der Waals surface area contributed by atoms with Crippen molar-refractivity contribution in [2.24, 2.45) is 4.99 Å². The number of aliphatic imine (C=N–C) groups is 1. The molecule has 1 aliphatic heterocycles. The number of ketones is 1. The topological polar surface area (TPSA) is 47.2 Å². The lowest BCUT2D eigenvalue weighted by atomic mass is 9.92. The number of hydrogen-bond acceptors (Lipinski definition) is 3. The Labute approximate surface area is 154 Å². The van der Waals surface area contributed by atoms with Gasteiger partial charge in [-0.3, -0.25) is 4.79 Å². The minimum Gasteiger partial charge on any atom is -0.294 e. The van der Waals surface area contributed by atoms with Gasteiger partial charge < -0.3 is 0 Å². The summed E-state index contributed by atoms with van der Waals surface area (Å²) in [7, 11) is 0. The molecule has 2 heterocycles. The molecule has 0 radical (unpaired) electrons. The van der Waals surface area contributed by atoms with Crippen LogP contribution in [-0.4, -0.2) is 27.2 Å². The average Bonchev–Trinajstić information content (AvgIpc) is 2.99. The summed E-state index contributed by atoms with van der Waals surface area (Å²) in [6.45, 7) is 0. The van der Waals surface area contributed by atoms with Gasteiger partial charge in [0.25, 0.3) is 0 Å². The number of Topliss-reactive ketones (excluding diaryl/α,β-unsaturated/α-hetero) is 1. The van der Waals surface area contributed by atoms with Crippen LogP contribution in [0.3, 0.4) is 0 Å². The van der Waals surface area contributed by atoms with Gasteiger partial charge in [0.2, 0.25) is 5.92 Å². The van der Waals surface area contributed by atoms with E-state index >= 15 is 0 Å². The average molecular weight is 378 g/mol. The van der Waals surface area contributed by atoms with Crippen LogP contribution in [0.1, 0.15) is 54.1 Å². The summed E-state index contributed by atoms with van der Waals surface area (Å²) in [6, 6.07) is 7.31. The quantitative estimate of drug-likeness (QED) is 0.739. The lowest BCUT2D eigenvalue weighted by Crippen LogP contribution is -2.27. The van der Waals surface area contributed by atoms with Crippen molar-refractivity contribution >= 4 is 28.9 Å². The molecular weight excluding hydrogens is 360 g/mol. The van der Waals surface area contributed by atoms with Gasteiger partial charge in [0.15, 0.2) is 11.6 Å². The maximum atomic E-state index is 13.4. The van der Waals surface area contributed by atoms with Gasteiger partial charge in [-0.2, -0.15) is 5.10 Å². The van der Waals surface area contributed by atoms with Gasteiger partial charge in [-0.05, 0) is 30.5 Å². The van der Waals surface area contributed by atoms with Crippen LogP contribution in [0.15, 0.2) is 35.5 Å². The van der Waals surface area contributed by atoms with Crippen molar-refractivity contribution < 1.29 is 13.6 Å². The van der Waals surface area contributed by atoms with Gasteiger partial charge >= 0.3 is 0 Å². The molecule has 0 unspecified atom stereocenters. The van der Waals surface area contributed by atoms with Crippen molar-refractivity contribution in [1.82, 2.24) is 9.78 Å². The lowest BCUT2D eigenvalue weighted by molar-refractivity contribution is -0.0448. The number of rotatable bonds is 3. The molecule has 4 nitrogen and oxygen atoms in total. The summed E-state index contributed by atoms with van der Waals surface area (Å²) < 4.78 is 28.5. The molecule has 1 saturated carbocycles. The van der Waals surface area contributed by atoms with Crippen molar-refractivity contribution in [2.45, 2.75) is 50.5 Å². The zero-order valence-corrected chi connectivity index (χ0v) is 14.8. The van der Waals surface area contributed by atoms with Gasteiger partial charge in [-0.15, -0.1) is 0 Å². The highest BCUT2D eigenvalue weighted by molar-refractivity contribution is 6.30. The number of halogens is 3. The molecule has 26 heavy (non-hydrogen) atoms. The fraction of sp³-hybridized carbons (Fsp3) is 0.421. The van der Waals surface area contributed by atoms with Crippen molar-refractivity contribution in [1.29, 1.82) is 0 Å². The van der Waals surface area contributed by atoms with Crippen LogP contribution in [-0.2, 0) is 6.42 Å². The molecule has 1 aliphatic carbocycles. The number of benzene rings is 1. The second kappa shape index (κ2) is 6.58. The van der Waals surface area contributed by atoms with Crippen LogP contribution < -0.4 is 0 Å². The van der Waals surface area contributed by atoms with E-state index in [2.05, 4.69) is 10.1 Å². The standard InChI is InChI=1S/C19H18ClF2N3O/c20-13-3-1-2-12(8-13)9-14-10-17(26)16-11-23-25(18(16)24-14)15-4-6-19(21,22)7-5-15/h1-3,8,11,15H,4-7,9-10H2. The summed E-state index contributed by atoms with van der Waals surface area (Å²) >= 11 is 6.02. The molecule has 0 amide bonds. The maximum Gasteiger partial charge on any atom is 0.248 e. The summed E-state index contributed by atoms with van der Waals surface area (Å²) in [5.74, 6) is -2.12. The molecule has 0 spiro atoms. The third-order valence-electron chi connectivity index (χ3n) is 5.03. The molecule has 2 aliphatic rings. The Bertz CT molecular complexity index is 881. The predicted octanol–water partition coefficient (Wildman–Crippen LogP) is 5.19. The monoisotopic (exact) mass is 377 g/mol. The van der Waals surface area contributed by atoms with Crippen LogP contribution in [0.5, 0.6) is 0 Å². The highest BCUT2D eigenvalue weighted by Gasteiger charge is 2.37. The van der Waals surface area contributed by atoms with E-state index < -0.39 is 5.92 Å². The normalized spacial score (nSPS) is 20.0. The number of nitrogens with zero attached hydrogens (tertiary/aromatic N) is 3. The molecule has 7 heteroatoms. The molecule has 1 fully saturated rings. The number of alkyl halides is 2. The van der Waals surface area contributed by atoms with Crippen molar-refractivity contribution in [3.63, 3.8) is 0 Å². The number of carbonyl (C=O) groups is 1. The third kappa shape index (κ3) is 3.43. The molecule has 0 N–H and O–H groups in total. The molecule has 136 valence electrons. The second-order valence-electron chi connectivity index (χ2n) is 7.00. The van der Waals surface area contributed by atoms with Crippen LogP contribution in [0.2, 0.25) is 5.02 Å². The first-order valence-electron chi connectivity index (χ1n) is 8.71. The SMILES string of the molecule is O=C1CC(Cc2cccc(Cl)c2)=Nc2c1cnn2C1CCC(F)(F)CC1. The van der Waals surface area contributed by atoms with E-state index in [9.17, 15) is 13.6 Å². The van der Waals surface area contributed by atoms with Crippen LogP contribution in [0, 0.1) is 0 Å². The summed E-state index contributed by atoms with van der Waals surface area (Å²) in [5, 5.41) is 4.94. The van der Waals surface area contributed by atoms with Gasteiger partial charge in [0.05, 0.1) is 24.2 Å². The minimum absolute atomic E-state index is 0.0283. The highest BCUT2D eigenvalue weighted by Crippen LogP contribution is 2.41. The van der Waals surface area contributed by atoms with E-state index in [4.69, 9.17) is 11.6 Å². The Morgan fingerprint density at radius 2 is 2.04 bits per heavy atom.